The van der Waals surface area contributed by atoms with Crippen LogP contribution in [0.1, 0.15) is 6.42 Å². The number of hydrogen-bond donors (Lipinski definition) is 2. The lowest BCUT2D eigenvalue weighted by Crippen LogP contribution is -2.37. The predicted octanol–water partition coefficient (Wildman–Crippen LogP) is 2.51. The number of rotatable bonds is 4. The number of aromatic amines is 1. The lowest BCUT2D eigenvalue weighted by atomic mass is 10.1. The Labute approximate surface area is 149 Å². The van der Waals surface area contributed by atoms with Gasteiger partial charge in [-0.3, -0.25) is 0 Å². The van der Waals surface area contributed by atoms with Crippen LogP contribution in [0.4, 0.5) is 18.9 Å². The second kappa shape index (κ2) is 6.51. The van der Waals surface area contributed by atoms with Crippen molar-refractivity contribution in [2.75, 3.05) is 23.7 Å². The molecular weight excluding hydrogens is 367 g/mol. The Kier molecular flexibility index (Phi) is 4.31. The summed E-state index contributed by atoms with van der Waals surface area (Å²) in [5, 5.41) is 1.90. The van der Waals surface area contributed by atoms with E-state index in [1.54, 1.807) is 12.4 Å². The summed E-state index contributed by atoms with van der Waals surface area (Å²) >= 11 is 0. The molecule has 1 aliphatic heterocycles. The van der Waals surface area contributed by atoms with Crippen LogP contribution < -0.4 is 9.62 Å². The van der Waals surface area contributed by atoms with E-state index in [4.69, 9.17) is 0 Å². The van der Waals surface area contributed by atoms with Gasteiger partial charge < -0.3 is 9.88 Å². The van der Waals surface area contributed by atoms with Crippen LogP contribution in [-0.2, 0) is 11.0 Å². The lowest BCUT2D eigenvalue weighted by Gasteiger charge is -2.21. The van der Waals surface area contributed by atoms with E-state index < -0.39 is 22.9 Å². The minimum Gasteiger partial charge on any atom is -0.369 e. The van der Waals surface area contributed by atoms with Crippen LogP contribution in [0.15, 0.2) is 30.7 Å². The second-order valence-corrected chi connectivity index (χ2v) is 7.46. The van der Waals surface area contributed by atoms with Crippen LogP contribution in [0.5, 0.6) is 0 Å². The van der Waals surface area contributed by atoms with Gasteiger partial charge in [-0.15, -0.1) is 0 Å². The van der Waals surface area contributed by atoms with Crippen molar-refractivity contribution in [1.82, 2.24) is 19.7 Å². The summed E-state index contributed by atoms with van der Waals surface area (Å²) in [6.45, 7) is 1.15. The molecule has 0 aromatic carbocycles. The minimum absolute atomic E-state index is 0.257. The van der Waals surface area contributed by atoms with Crippen molar-refractivity contribution >= 4 is 38.6 Å². The van der Waals surface area contributed by atoms with Crippen molar-refractivity contribution < 1.29 is 17.4 Å². The molecule has 26 heavy (non-hydrogen) atoms. The molecule has 0 amide bonds. The molecule has 0 saturated carbocycles. The third-order valence-electron chi connectivity index (χ3n) is 4.39. The first-order valence-electron chi connectivity index (χ1n) is 8.08. The number of nitrogens with zero attached hydrogens (tertiary/aromatic N) is 3. The zero-order chi connectivity index (χ0) is 18.3. The molecule has 1 fully saturated rings. The molecule has 4 heterocycles. The molecule has 2 unspecified atom stereocenters. The molecule has 4 rings (SSSR count). The first-order chi connectivity index (χ1) is 12.4. The number of aromatic nitrogens is 3. The first kappa shape index (κ1) is 17.2. The molecule has 3 aromatic heterocycles. The fourth-order valence-electron chi connectivity index (χ4n) is 3.35. The monoisotopic (exact) mass is 383 g/mol. The SMILES string of the molecule is O=S(CC(F)(F)F)NC1CCN(c2cc[nH]c3cnc4nccc4c23)C1. The van der Waals surface area contributed by atoms with Crippen molar-refractivity contribution in [3.8, 4) is 0 Å². The van der Waals surface area contributed by atoms with Gasteiger partial charge in [-0.1, -0.05) is 0 Å². The number of anilines is 1. The maximum absolute atomic E-state index is 12.4. The quantitative estimate of drug-likeness (QED) is 0.726. The number of hydrogen-bond acceptors (Lipinski definition) is 4. The molecule has 2 atom stereocenters. The number of nitrogens with one attached hydrogen (secondary N) is 2. The van der Waals surface area contributed by atoms with Gasteiger partial charge >= 0.3 is 6.18 Å². The van der Waals surface area contributed by atoms with Crippen LogP contribution in [0, 0.1) is 0 Å². The van der Waals surface area contributed by atoms with E-state index in [1.165, 1.54) is 0 Å². The van der Waals surface area contributed by atoms with Gasteiger partial charge in [0.15, 0.2) is 5.65 Å². The molecule has 1 aliphatic rings. The lowest BCUT2D eigenvalue weighted by molar-refractivity contribution is -0.105. The summed E-state index contributed by atoms with van der Waals surface area (Å²) in [5.41, 5.74) is 2.48. The number of alkyl halides is 3. The standard InChI is InChI=1S/C16H16F3N5OS/c17-16(18,19)9-26(25)23-10-3-6-24(8-10)13-2-5-20-12-7-22-15-11(14(12)13)1-4-21-15/h1-2,4-5,7,10,20,23H,3,6,8-9H2. The molecule has 3 aromatic rings. The Hall–Kier alpha value is -2.20. The predicted molar refractivity (Wildman–Crippen MR) is 94.2 cm³/mol. The topological polar surface area (TPSA) is 73.9 Å². The van der Waals surface area contributed by atoms with Gasteiger partial charge in [0.25, 0.3) is 0 Å². The Morgan fingerprint density at radius 1 is 1.35 bits per heavy atom. The average molecular weight is 383 g/mol. The third-order valence-corrected chi connectivity index (χ3v) is 5.58. The molecule has 6 nitrogen and oxygen atoms in total. The van der Waals surface area contributed by atoms with Gasteiger partial charge in [0, 0.05) is 48.0 Å². The minimum atomic E-state index is -4.44. The third kappa shape index (κ3) is 3.38. The Morgan fingerprint density at radius 3 is 3.00 bits per heavy atom. The highest BCUT2D eigenvalue weighted by atomic mass is 32.2. The Bertz CT molecular complexity index is 973. The summed E-state index contributed by atoms with van der Waals surface area (Å²) < 4.78 is 51.3. The summed E-state index contributed by atoms with van der Waals surface area (Å²) in [6.07, 6.45) is 1.41. The van der Waals surface area contributed by atoms with Gasteiger partial charge in [-0.25, -0.2) is 18.9 Å². The molecule has 2 N–H and O–H groups in total. The molecule has 138 valence electrons. The van der Waals surface area contributed by atoms with Gasteiger partial charge in [0.2, 0.25) is 0 Å². The molecule has 0 aliphatic carbocycles. The number of pyridine rings is 2. The number of fused-ring (bicyclic) bond motifs is 3. The van der Waals surface area contributed by atoms with Gasteiger partial charge in [0.1, 0.15) is 16.7 Å². The normalized spacial score (nSPS) is 19.5. The molecule has 0 spiro atoms. The van der Waals surface area contributed by atoms with E-state index in [0.29, 0.717) is 25.2 Å². The second-order valence-electron chi connectivity index (χ2n) is 6.25. The van der Waals surface area contributed by atoms with Crippen LogP contribution in [0.2, 0.25) is 0 Å². The summed E-state index contributed by atoms with van der Waals surface area (Å²) in [4.78, 5) is 13.8. The molecule has 0 bridgehead atoms. The van der Waals surface area contributed by atoms with E-state index in [0.717, 1.165) is 22.0 Å². The van der Waals surface area contributed by atoms with Crippen molar-refractivity contribution in [2.24, 2.45) is 0 Å². The molecule has 0 radical (unpaired) electrons. The highest BCUT2D eigenvalue weighted by Crippen LogP contribution is 2.32. The van der Waals surface area contributed by atoms with E-state index >= 15 is 0 Å². The van der Waals surface area contributed by atoms with Crippen molar-refractivity contribution in [3.05, 3.63) is 30.7 Å². The fourth-order valence-corrected chi connectivity index (χ4v) is 4.30. The maximum atomic E-state index is 12.4. The first-order valence-corrected chi connectivity index (χ1v) is 9.40. The summed E-state index contributed by atoms with van der Waals surface area (Å²) in [7, 11) is -2.12. The summed E-state index contributed by atoms with van der Waals surface area (Å²) in [5.74, 6) is -1.34. The van der Waals surface area contributed by atoms with Crippen molar-refractivity contribution in [2.45, 2.75) is 18.6 Å². The molecule has 1 saturated heterocycles. The van der Waals surface area contributed by atoms with Gasteiger partial charge in [0.05, 0.1) is 11.7 Å². The summed E-state index contributed by atoms with van der Waals surface area (Å²) in [6, 6.07) is 3.57. The van der Waals surface area contributed by atoms with Crippen LogP contribution in [0.3, 0.4) is 0 Å². The Balaban J connectivity index is 1.58. The average Bonchev–Trinajstić information content (AvgIpc) is 3.21. The smallest absolute Gasteiger partial charge is 0.369 e. The van der Waals surface area contributed by atoms with Crippen LogP contribution >= 0.6 is 0 Å². The highest BCUT2D eigenvalue weighted by Gasteiger charge is 2.33. The highest BCUT2D eigenvalue weighted by molar-refractivity contribution is 7.83. The maximum Gasteiger partial charge on any atom is 0.401 e. The van der Waals surface area contributed by atoms with Gasteiger partial charge in [-0.05, 0) is 18.6 Å². The van der Waals surface area contributed by atoms with Gasteiger partial charge in [-0.2, -0.15) is 13.2 Å². The van der Waals surface area contributed by atoms with E-state index in [-0.39, 0.29) is 6.04 Å². The largest absolute Gasteiger partial charge is 0.401 e. The molecule has 10 heteroatoms. The molecular formula is C16H16F3N5OS. The van der Waals surface area contributed by atoms with E-state index in [2.05, 4.69) is 24.6 Å². The Morgan fingerprint density at radius 2 is 2.19 bits per heavy atom. The van der Waals surface area contributed by atoms with E-state index in [1.807, 2.05) is 18.3 Å². The fraction of sp³-hybridized carbons (Fsp3) is 0.375. The zero-order valence-electron chi connectivity index (χ0n) is 13.6. The van der Waals surface area contributed by atoms with Crippen LogP contribution in [0.25, 0.3) is 21.9 Å². The van der Waals surface area contributed by atoms with Crippen molar-refractivity contribution in [1.29, 1.82) is 0 Å². The number of halogens is 3. The zero-order valence-corrected chi connectivity index (χ0v) is 14.4. The number of H-pyrrole nitrogens is 1. The van der Waals surface area contributed by atoms with Crippen molar-refractivity contribution in [3.63, 3.8) is 0 Å². The van der Waals surface area contributed by atoms with E-state index in [9.17, 15) is 17.4 Å². The van der Waals surface area contributed by atoms with Crippen LogP contribution in [-0.4, -0.2) is 50.2 Å².